The Morgan fingerprint density at radius 2 is 1.79 bits per heavy atom. The topological polar surface area (TPSA) is 131 Å². The number of aliphatic hydroxyl groups excluding tert-OH is 1. The number of rotatable bonds is 16. The Labute approximate surface area is 280 Å². The lowest BCUT2D eigenvalue weighted by Gasteiger charge is -2.42. The number of hydrogen-bond acceptors (Lipinski definition) is 7. The smallest absolute Gasteiger partial charge is 0.249 e. The molecule has 9 nitrogen and oxygen atoms in total. The molecule has 1 aromatic heterocycles. The average Bonchev–Trinajstić information content (AvgIpc) is 3.39. The molecule has 0 aliphatic heterocycles. The second kappa shape index (κ2) is 16.2. The van der Waals surface area contributed by atoms with Gasteiger partial charge in [-0.3, -0.25) is 9.59 Å². The number of methoxy groups -OCH3 is 1. The minimum atomic E-state index is -1.64. The van der Waals surface area contributed by atoms with Gasteiger partial charge in [0, 0.05) is 49.3 Å². The molecule has 0 spiro atoms. The minimum Gasteiger partial charge on any atom is -0.497 e. The SMILES string of the molecule is CCCN(CCC)C(=O)C1=CC(c2c(C)noc2C)=CC(C(N)=O)([C@H](Cc2cc(F)cc(F)c2)[C@@H](O)CNCc2cccc(OC)c2)C1. The second-order valence-corrected chi connectivity index (χ2v) is 12.5. The zero-order chi connectivity index (χ0) is 35.0. The van der Waals surface area contributed by atoms with Gasteiger partial charge < -0.3 is 30.3 Å². The second-order valence-electron chi connectivity index (χ2n) is 12.5. The number of aromatic nitrogens is 1. The summed E-state index contributed by atoms with van der Waals surface area (Å²) in [4.78, 5) is 29.8. The lowest BCUT2D eigenvalue weighted by molar-refractivity contribution is -0.132. The summed E-state index contributed by atoms with van der Waals surface area (Å²) in [5, 5.41) is 19.3. The van der Waals surface area contributed by atoms with Crippen molar-refractivity contribution in [3.8, 4) is 5.75 Å². The lowest BCUT2D eigenvalue weighted by atomic mass is 9.62. The van der Waals surface area contributed by atoms with Crippen molar-refractivity contribution in [3.05, 3.63) is 100.0 Å². The summed E-state index contributed by atoms with van der Waals surface area (Å²) in [7, 11) is 1.57. The van der Waals surface area contributed by atoms with Crippen molar-refractivity contribution in [3.63, 3.8) is 0 Å². The zero-order valence-electron chi connectivity index (χ0n) is 28.3. The van der Waals surface area contributed by atoms with E-state index in [1.165, 1.54) is 12.1 Å². The van der Waals surface area contributed by atoms with Crippen LogP contribution in [0.15, 0.2) is 64.7 Å². The Hall–Kier alpha value is -4.35. The van der Waals surface area contributed by atoms with E-state index in [0.717, 1.165) is 24.5 Å². The Balaban J connectivity index is 1.83. The molecular weight excluding hydrogens is 618 g/mol. The summed E-state index contributed by atoms with van der Waals surface area (Å²) < 4.78 is 39.7. The van der Waals surface area contributed by atoms with Crippen LogP contribution in [0.1, 0.15) is 61.3 Å². The third kappa shape index (κ3) is 8.38. The van der Waals surface area contributed by atoms with Gasteiger partial charge in [0.05, 0.1) is 24.3 Å². The molecule has 3 atom stereocenters. The quantitative estimate of drug-likeness (QED) is 0.186. The van der Waals surface area contributed by atoms with Gasteiger partial charge in [-0.2, -0.15) is 0 Å². The highest BCUT2D eigenvalue weighted by molar-refractivity contribution is 6.01. The molecule has 2 aromatic carbocycles. The first-order valence-electron chi connectivity index (χ1n) is 16.3. The molecule has 0 bridgehead atoms. The van der Waals surface area contributed by atoms with Crippen LogP contribution in [0, 0.1) is 36.8 Å². The number of aryl methyl sites for hydroxylation is 2. The Kier molecular flexibility index (Phi) is 12.3. The highest BCUT2D eigenvalue weighted by Gasteiger charge is 2.49. The highest BCUT2D eigenvalue weighted by atomic mass is 19.1. The van der Waals surface area contributed by atoms with Crippen LogP contribution in [0.3, 0.4) is 0 Å². The van der Waals surface area contributed by atoms with Crippen molar-refractivity contribution in [1.29, 1.82) is 0 Å². The molecule has 1 aliphatic rings. The maximum absolute atomic E-state index is 14.5. The van der Waals surface area contributed by atoms with Crippen molar-refractivity contribution < 1.29 is 32.7 Å². The fourth-order valence-corrected chi connectivity index (χ4v) is 6.67. The molecule has 1 aliphatic carbocycles. The number of halogens is 2. The molecule has 4 rings (SSSR count). The number of benzene rings is 2. The molecule has 2 amide bonds. The fraction of sp³-hybridized carbons (Fsp3) is 0.432. The van der Waals surface area contributed by atoms with Crippen LogP contribution in [0.4, 0.5) is 8.78 Å². The summed E-state index contributed by atoms with van der Waals surface area (Å²) in [5.41, 5.74) is 7.76. The number of nitrogens with one attached hydrogen (secondary N) is 1. The maximum atomic E-state index is 14.5. The summed E-state index contributed by atoms with van der Waals surface area (Å²) >= 11 is 0. The number of carbonyl (C=O) groups excluding carboxylic acids is 2. The first-order valence-corrected chi connectivity index (χ1v) is 16.3. The fourth-order valence-electron chi connectivity index (χ4n) is 6.67. The number of nitrogens with zero attached hydrogens (tertiary/aromatic N) is 2. The van der Waals surface area contributed by atoms with E-state index in [4.69, 9.17) is 15.0 Å². The van der Waals surface area contributed by atoms with Crippen LogP contribution in [-0.4, -0.2) is 59.8 Å². The molecule has 258 valence electrons. The number of allylic oxidation sites excluding steroid dienone is 2. The minimum absolute atomic E-state index is 0.00792. The first-order chi connectivity index (χ1) is 22.9. The predicted octanol–water partition coefficient (Wildman–Crippen LogP) is 5.42. The number of aliphatic hydroxyl groups is 1. The van der Waals surface area contributed by atoms with Crippen molar-refractivity contribution >= 4 is 17.4 Å². The van der Waals surface area contributed by atoms with Gasteiger partial charge >= 0.3 is 0 Å². The van der Waals surface area contributed by atoms with Crippen molar-refractivity contribution in [2.45, 2.75) is 66.0 Å². The molecule has 3 aromatic rings. The van der Waals surface area contributed by atoms with Crippen LogP contribution in [0.5, 0.6) is 5.75 Å². The van der Waals surface area contributed by atoms with Crippen LogP contribution in [0.25, 0.3) is 5.57 Å². The van der Waals surface area contributed by atoms with Gasteiger partial charge in [0.2, 0.25) is 11.8 Å². The van der Waals surface area contributed by atoms with E-state index in [0.29, 0.717) is 53.5 Å². The monoisotopic (exact) mass is 664 g/mol. The Morgan fingerprint density at radius 1 is 1.10 bits per heavy atom. The number of hydrogen-bond donors (Lipinski definition) is 3. The van der Waals surface area contributed by atoms with Crippen molar-refractivity contribution in [2.24, 2.45) is 17.1 Å². The van der Waals surface area contributed by atoms with Crippen LogP contribution in [0.2, 0.25) is 0 Å². The predicted molar refractivity (Wildman–Crippen MR) is 180 cm³/mol. The van der Waals surface area contributed by atoms with E-state index >= 15 is 0 Å². The van der Waals surface area contributed by atoms with E-state index in [1.54, 1.807) is 38.0 Å². The molecule has 4 N–H and O–H groups in total. The number of primary amides is 1. The van der Waals surface area contributed by atoms with Crippen LogP contribution >= 0.6 is 0 Å². The highest BCUT2D eigenvalue weighted by Crippen LogP contribution is 2.47. The molecule has 1 heterocycles. The van der Waals surface area contributed by atoms with Gasteiger partial charge in [-0.1, -0.05) is 37.2 Å². The van der Waals surface area contributed by atoms with Gasteiger partial charge in [-0.15, -0.1) is 0 Å². The lowest BCUT2D eigenvalue weighted by Crippen LogP contribution is -2.51. The van der Waals surface area contributed by atoms with Gasteiger partial charge in [0.1, 0.15) is 23.1 Å². The summed E-state index contributed by atoms with van der Waals surface area (Å²) in [5.74, 6) is -2.46. The van der Waals surface area contributed by atoms with Crippen molar-refractivity contribution in [1.82, 2.24) is 15.4 Å². The van der Waals surface area contributed by atoms with Crippen molar-refractivity contribution in [2.75, 3.05) is 26.7 Å². The van der Waals surface area contributed by atoms with Gasteiger partial charge in [-0.25, -0.2) is 8.78 Å². The molecule has 48 heavy (non-hydrogen) atoms. The maximum Gasteiger partial charge on any atom is 0.249 e. The third-order valence-corrected chi connectivity index (χ3v) is 8.88. The van der Waals surface area contributed by atoms with E-state index in [1.807, 2.05) is 38.1 Å². The zero-order valence-corrected chi connectivity index (χ0v) is 28.3. The molecule has 1 unspecified atom stereocenters. The van der Waals surface area contributed by atoms with Gasteiger partial charge in [-0.05, 0) is 86.6 Å². The summed E-state index contributed by atoms with van der Waals surface area (Å²) in [6.07, 6.45) is 3.41. The van der Waals surface area contributed by atoms with Gasteiger partial charge in [0.15, 0.2) is 0 Å². The molecule has 0 saturated heterocycles. The van der Waals surface area contributed by atoms with E-state index in [9.17, 15) is 23.5 Å². The number of ether oxygens (including phenoxy) is 1. The standard InChI is InChI=1S/C37H46F2N4O5/c1-6-11-43(12-7-2)35(45)28-17-27(34-23(3)42-48-24(34)4)19-37(20-28,36(40)46)32(16-26-13-29(38)18-30(39)14-26)33(44)22-41-21-25-9-8-10-31(15-25)47-5/h8-10,13-15,17-19,32-33,41,44H,6-7,11-12,16,20-22H2,1-5H3,(H2,40,46)/t32-,33+,37?/m1/s1. The third-order valence-electron chi connectivity index (χ3n) is 8.88. The normalized spacial score (nSPS) is 17.3. The van der Waals surface area contributed by atoms with Crippen LogP contribution in [-0.2, 0) is 22.6 Å². The number of amides is 2. The largest absolute Gasteiger partial charge is 0.497 e. The summed E-state index contributed by atoms with van der Waals surface area (Å²) in [6, 6.07) is 10.6. The summed E-state index contributed by atoms with van der Waals surface area (Å²) in [6.45, 7) is 8.86. The molecule has 0 radical (unpaired) electrons. The molecule has 11 heteroatoms. The van der Waals surface area contributed by atoms with E-state index in [-0.39, 0.29) is 30.9 Å². The Bertz CT molecular complexity index is 1620. The Morgan fingerprint density at radius 3 is 2.38 bits per heavy atom. The van der Waals surface area contributed by atoms with Crippen LogP contribution < -0.4 is 15.8 Å². The first kappa shape index (κ1) is 36.5. The average molecular weight is 665 g/mol. The van der Waals surface area contributed by atoms with E-state index < -0.39 is 35.0 Å². The number of carbonyl (C=O) groups is 2. The molecular formula is C37H46F2N4O5. The number of nitrogens with two attached hydrogens (primary N) is 1. The van der Waals surface area contributed by atoms with Gasteiger partial charge in [0.25, 0.3) is 0 Å². The van der Waals surface area contributed by atoms with E-state index in [2.05, 4.69) is 10.5 Å². The molecule has 0 fully saturated rings. The molecule has 0 saturated carbocycles.